The maximum atomic E-state index is 12.8. The van der Waals surface area contributed by atoms with Gasteiger partial charge in [0.2, 0.25) is 0 Å². The van der Waals surface area contributed by atoms with Crippen LogP contribution in [0.1, 0.15) is 22.5 Å². The number of carbonyl (C=O) groups is 1. The van der Waals surface area contributed by atoms with E-state index < -0.39 is 0 Å². The molecule has 0 unspecified atom stereocenters. The van der Waals surface area contributed by atoms with Gasteiger partial charge in [-0.25, -0.2) is 4.98 Å². The van der Waals surface area contributed by atoms with E-state index in [0.717, 1.165) is 56.5 Å². The number of pyridine rings is 1. The number of hydrogen-bond donors (Lipinski definition) is 0. The SMILES string of the molecule is O=C(c1ccc2ccccc2n1)N1CCN(CCCc2ccccc2)CC1. The Morgan fingerprint density at radius 1 is 0.852 bits per heavy atom. The molecule has 27 heavy (non-hydrogen) atoms. The van der Waals surface area contributed by atoms with Crippen LogP contribution in [0, 0.1) is 0 Å². The van der Waals surface area contributed by atoms with Crippen molar-refractivity contribution in [1.82, 2.24) is 14.8 Å². The Morgan fingerprint density at radius 3 is 2.41 bits per heavy atom. The standard InChI is InChI=1S/C23H25N3O/c27-23(22-13-12-20-10-4-5-11-21(20)24-22)26-17-15-25(16-18-26)14-6-9-19-7-2-1-3-8-19/h1-5,7-8,10-13H,6,9,14-18H2. The number of para-hydroxylation sites is 1. The summed E-state index contributed by atoms with van der Waals surface area (Å²) in [5.74, 6) is 0.0460. The molecule has 0 aliphatic carbocycles. The molecule has 0 spiro atoms. The van der Waals surface area contributed by atoms with Gasteiger partial charge in [-0.3, -0.25) is 9.69 Å². The van der Waals surface area contributed by atoms with E-state index in [1.165, 1.54) is 5.56 Å². The Morgan fingerprint density at radius 2 is 1.59 bits per heavy atom. The number of hydrogen-bond acceptors (Lipinski definition) is 3. The van der Waals surface area contributed by atoms with Crippen molar-refractivity contribution in [3.8, 4) is 0 Å². The minimum absolute atomic E-state index is 0.0460. The summed E-state index contributed by atoms with van der Waals surface area (Å²) < 4.78 is 0. The number of benzene rings is 2. The van der Waals surface area contributed by atoms with E-state index in [1.54, 1.807) is 0 Å². The molecule has 138 valence electrons. The van der Waals surface area contributed by atoms with E-state index in [1.807, 2.05) is 41.3 Å². The zero-order chi connectivity index (χ0) is 18.5. The van der Waals surface area contributed by atoms with Gasteiger partial charge in [0.25, 0.3) is 5.91 Å². The maximum absolute atomic E-state index is 12.8. The Kier molecular flexibility index (Phi) is 5.45. The van der Waals surface area contributed by atoms with Crippen LogP contribution in [0.15, 0.2) is 66.7 Å². The summed E-state index contributed by atoms with van der Waals surface area (Å²) in [5, 5.41) is 1.07. The highest BCUT2D eigenvalue weighted by Gasteiger charge is 2.22. The average molecular weight is 359 g/mol. The van der Waals surface area contributed by atoms with Gasteiger partial charge in [0.1, 0.15) is 5.69 Å². The third-order valence-corrected chi connectivity index (χ3v) is 5.26. The summed E-state index contributed by atoms with van der Waals surface area (Å²) in [6, 6.07) is 22.4. The predicted octanol–water partition coefficient (Wildman–Crippen LogP) is 3.63. The largest absolute Gasteiger partial charge is 0.335 e. The molecule has 1 fully saturated rings. The molecule has 4 heteroatoms. The number of aryl methyl sites for hydroxylation is 1. The normalized spacial score (nSPS) is 15.2. The summed E-state index contributed by atoms with van der Waals surface area (Å²) in [4.78, 5) is 21.7. The van der Waals surface area contributed by atoms with E-state index in [9.17, 15) is 4.79 Å². The molecule has 0 radical (unpaired) electrons. The lowest BCUT2D eigenvalue weighted by Crippen LogP contribution is -2.49. The summed E-state index contributed by atoms with van der Waals surface area (Å²) >= 11 is 0. The number of nitrogens with zero attached hydrogens (tertiary/aromatic N) is 3. The monoisotopic (exact) mass is 359 g/mol. The molecule has 1 aromatic heterocycles. The molecule has 0 saturated carbocycles. The molecule has 0 bridgehead atoms. The maximum Gasteiger partial charge on any atom is 0.272 e. The van der Waals surface area contributed by atoms with E-state index in [4.69, 9.17) is 0 Å². The highest BCUT2D eigenvalue weighted by atomic mass is 16.2. The smallest absolute Gasteiger partial charge is 0.272 e. The fourth-order valence-corrected chi connectivity index (χ4v) is 3.67. The fraction of sp³-hybridized carbons (Fsp3) is 0.304. The number of fused-ring (bicyclic) bond motifs is 1. The molecule has 1 amide bonds. The summed E-state index contributed by atoms with van der Waals surface area (Å²) in [6.07, 6.45) is 2.27. The first kappa shape index (κ1) is 17.7. The molecule has 2 heterocycles. The van der Waals surface area contributed by atoms with E-state index in [0.29, 0.717) is 5.69 Å². The molecule has 1 aliphatic heterocycles. The first-order chi connectivity index (χ1) is 13.3. The topological polar surface area (TPSA) is 36.4 Å². The lowest BCUT2D eigenvalue weighted by molar-refractivity contribution is 0.0631. The lowest BCUT2D eigenvalue weighted by Gasteiger charge is -2.34. The van der Waals surface area contributed by atoms with E-state index >= 15 is 0 Å². The Bertz CT molecular complexity index is 902. The number of piperazine rings is 1. The van der Waals surface area contributed by atoms with Gasteiger partial charge in [0, 0.05) is 31.6 Å². The van der Waals surface area contributed by atoms with Gasteiger partial charge in [-0.05, 0) is 37.1 Å². The second kappa shape index (κ2) is 8.31. The van der Waals surface area contributed by atoms with Gasteiger partial charge in [-0.2, -0.15) is 0 Å². The fourth-order valence-electron chi connectivity index (χ4n) is 3.67. The van der Waals surface area contributed by atoms with Gasteiger partial charge in [-0.15, -0.1) is 0 Å². The number of amides is 1. The third-order valence-electron chi connectivity index (χ3n) is 5.26. The minimum Gasteiger partial charge on any atom is -0.335 e. The molecule has 0 N–H and O–H groups in total. The van der Waals surface area contributed by atoms with E-state index in [-0.39, 0.29) is 5.91 Å². The van der Waals surface area contributed by atoms with Crippen molar-refractivity contribution in [1.29, 1.82) is 0 Å². The van der Waals surface area contributed by atoms with Crippen molar-refractivity contribution in [2.45, 2.75) is 12.8 Å². The van der Waals surface area contributed by atoms with Crippen molar-refractivity contribution < 1.29 is 4.79 Å². The molecule has 2 aromatic carbocycles. The highest BCUT2D eigenvalue weighted by molar-refractivity contribution is 5.95. The second-order valence-electron chi connectivity index (χ2n) is 7.11. The second-order valence-corrected chi connectivity index (χ2v) is 7.11. The van der Waals surface area contributed by atoms with Gasteiger partial charge in [-0.1, -0.05) is 54.6 Å². The summed E-state index contributed by atoms with van der Waals surface area (Å²) in [7, 11) is 0. The molecule has 4 rings (SSSR count). The van der Waals surface area contributed by atoms with Crippen molar-refractivity contribution in [2.24, 2.45) is 0 Å². The Balaban J connectivity index is 1.28. The molecular formula is C23H25N3O. The summed E-state index contributed by atoms with van der Waals surface area (Å²) in [5.41, 5.74) is 2.82. The predicted molar refractivity (Wildman–Crippen MR) is 109 cm³/mol. The summed E-state index contributed by atoms with van der Waals surface area (Å²) in [6.45, 7) is 4.52. The highest BCUT2D eigenvalue weighted by Crippen LogP contribution is 2.14. The number of rotatable bonds is 5. The van der Waals surface area contributed by atoms with Crippen molar-refractivity contribution in [2.75, 3.05) is 32.7 Å². The van der Waals surface area contributed by atoms with Gasteiger partial charge in [0.05, 0.1) is 5.52 Å². The van der Waals surface area contributed by atoms with Gasteiger partial charge >= 0.3 is 0 Å². The first-order valence-electron chi connectivity index (χ1n) is 9.71. The van der Waals surface area contributed by atoms with Gasteiger partial charge in [0.15, 0.2) is 0 Å². The zero-order valence-corrected chi connectivity index (χ0v) is 15.6. The van der Waals surface area contributed by atoms with Crippen LogP contribution in [-0.4, -0.2) is 53.4 Å². The molecule has 4 nitrogen and oxygen atoms in total. The number of aromatic nitrogens is 1. The minimum atomic E-state index is 0.0460. The Labute approximate surface area is 160 Å². The molecular weight excluding hydrogens is 334 g/mol. The van der Waals surface area contributed by atoms with Crippen LogP contribution in [0.2, 0.25) is 0 Å². The third kappa shape index (κ3) is 4.34. The zero-order valence-electron chi connectivity index (χ0n) is 15.6. The van der Waals surface area contributed by atoms with Crippen molar-refractivity contribution >= 4 is 16.8 Å². The van der Waals surface area contributed by atoms with Crippen LogP contribution < -0.4 is 0 Å². The molecule has 1 saturated heterocycles. The van der Waals surface area contributed by atoms with Crippen LogP contribution >= 0.6 is 0 Å². The van der Waals surface area contributed by atoms with Crippen LogP contribution in [0.4, 0.5) is 0 Å². The van der Waals surface area contributed by atoms with Crippen LogP contribution in [-0.2, 0) is 6.42 Å². The van der Waals surface area contributed by atoms with Gasteiger partial charge < -0.3 is 4.90 Å². The lowest BCUT2D eigenvalue weighted by atomic mass is 10.1. The molecule has 3 aromatic rings. The van der Waals surface area contributed by atoms with Crippen LogP contribution in [0.5, 0.6) is 0 Å². The molecule has 1 aliphatic rings. The molecule has 0 atom stereocenters. The van der Waals surface area contributed by atoms with Crippen LogP contribution in [0.3, 0.4) is 0 Å². The van der Waals surface area contributed by atoms with Crippen molar-refractivity contribution in [3.05, 3.63) is 78.0 Å². The Hall–Kier alpha value is -2.72. The van der Waals surface area contributed by atoms with E-state index in [2.05, 4.69) is 40.2 Å². The van der Waals surface area contributed by atoms with Crippen LogP contribution in [0.25, 0.3) is 10.9 Å². The number of carbonyl (C=O) groups excluding carboxylic acids is 1. The van der Waals surface area contributed by atoms with Crippen molar-refractivity contribution in [3.63, 3.8) is 0 Å². The average Bonchev–Trinajstić information content (AvgIpc) is 2.74. The first-order valence-corrected chi connectivity index (χ1v) is 9.71. The quantitative estimate of drug-likeness (QED) is 0.698.